The van der Waals surface area contributed by atoms with Gasteiger partial charge in [-0.2, -0.15) is 0 Å². The van der Waals surface area contributed by atoms with Gasteiger partial charge in [0, 0.05) is 33.4 Å². The first-order valence-corrected chi connectivity index (χ1v) is 20.6. The molecule has 0 saturated carbocycles. The Kier molecular flexibility index (Phi) is 8.87. The maximum absolute atomic E-state index is 2.43. The van der Waals surface area contributed by atoms with Gasteiger partial charge in [0.1, 0.15) is 0 Å². The summed E-state index contributed by atoms with van der Waals surface area (Å²) in [5.41, 5.74) is 16.4. The normalized spacial score (nSPS) is 11.3. The molecule has 282 valence electrons. The summed E-state index contributed by atoms with van der Waals surface area (Å²) in [4.78, 5) is 2.38. The average molecular weight is 765 g/mol. The molecule has 1 heterocycles. The summed E-state index contributed by atoms with van der Waals surface area (Å²) in [6.07, 6.45) is 0. The van der Waals surface area contributed by atoms with Crippen LogP contribution in [0.4, 0.5) is 17.1 Å². The zero-order valence-corrected chi connectivity index (χ0v) is 33.0. The van der Waals surface area contributed by atoms with E-state index in [1.165, 1.54) is 66.0 Å². The topological polar surface area (TPSA) is 8.17 Å². The second-order valence-corrected chi connectivity index (χ2v) is 15.3. The Morgan fingerprint density at radius 1 is 0.283 bits per heavy atom. The molecule has 2 heteroatoms. The molecule has 0 atom stereocenters. The minimum atomic E-state index is 1.10. The molecule has 0 saturated heterocycles. The number of hydrogen-bond acceptors (Lipinski definition) is 1. The zero-order chi connectivity index (χ0) is 39.8. The van der Waals surface area contributed by atoms with E-state index < -0.39 is 0 Å². The smallest absolute Gasteiger partial charge is 0.0547 e. The molecule has 0 aliphatic rings. The van der Waals surface area contributed by atoms with E-state index in [-0.39, 0.29) is 0 Å². The molecule has 0 unspecified atom stereocenters. The fourth-order valence-electron chi connectivity index (χ4n) is 8.97. The Balaban J connectivity index is 1.03. The lowest BCUT2D eigenvalue weighted by Crippen LogP contribution is -2.11. The van der Waals surface area contributed by atoms with Gasteiger partial charge in [-0.3, -0.25) is 0 Å². The molecular weight excluding hydrogens is 725 g/mol. The van der Waals surface area contributed by atoms with Crippen molar-refractivity contribution in [1.82, 2.24) is 4.57 Å². The standard InChI is InChI=1S/C58H40N2/c1-4-15-41(16-5-1)43-27-34-48(35-28-43)59(49-36-29-44(30-37-49)42-17-6-2-7-18-42)54-25-12-10-22-51(54)46-31-38-50(39-32-46)60-55-26-13-11-23-53(55)58-56(60)40-33-47-21-14-24-52(57(47)58)45-19-8-3-9-20-45/h1-40H. The Morgan fingerprint density at radius 2 is 0.767 bits per heavy atom. The quantitative estimate of drug-likeness (QED) is 0.150. The molecule has 10 aromatic carbocycles. The van der Waals surface area contributed by atoms with Crippen molar-refractivity contribution in [3.05, 3.63) is 243 Å². The van der Waals surface area contributed by atoms with Crippen LogP contribution >= 0.6 is 0 Å². The van der Waals surface area contributed by atoms with Gasteiger partial charge in [0.05, 0.1) is 16.7 Å². The summed E-state index contributed by atoms with van der Waals surface area (Å²) < 4.78 is 2.43. The summed E-state index contributed by atoms with van der Waals surface area (Å²) in [5, 5.41) is 5.07. The number of aromatic nitrogens is 1. The monoisotopic (exact) mass is 764 g/mol. The third kappa shape index (κ3) is 6.23. The lowest BCUT2D eigenvalue weighted by Gasteiger charge is -2.28. The molecule has 1 aromatic heterocycles. The average Bonchev–Trinajstić information content (AvgIpc) is 3.68. The fourth-order valence-corrected chi connectivity index (χ4v) is 8.97. The van der Waals surface area contributed by atoms with Crippen LogP contribution in [0.15, 0.2) is 243 Å². The number of rotatable bonds is 8. The van der Waals surface area contributed by atoms with Gasteiger partial charge >= 0.3 is 0 Å². The highest BCUT2D eigenvalue weighted by Gasteiger charge is 2.20. The first-order valence-electron chi connectivity index (χ1n) is 20.6. The van der Waals surface area contributed by atoms with E-state index >= 15 is 0 Å². The van der Waals surface area contributed by atoms with E-state index in [9.17, 15) is 0 Å². The van der Waals surface area contributed by atoms with E-state index in [0.29, 0.717) is 0 Å². The van der Waals surface area contributed by atoms with Crippen LogP contribution in [0.2, 0.25) is 0 Å². The van der Waals surface area contributed by atoms with Crippen molar-refractivity contribution >= 4 is 49.6 Å². The molecule has 0 radical (unpaired) electrons. The van der Waals surface area contributed by atoms with Crippen molar-refractivity contribution in [2.45, 2.75) is 0 Å². The van der Waals surface area contributed by atoms with E-state index in [0.717, 1.165) is 33.9 Å². The third-order valence-corrected chi connectivity index (χ3v) is 11.8. The number of anilines is 3. The lowest BCUT2D eigenvalue weighted by atomic mass is 9.94. The third-order valence-electron chi connectivity index (χ3n) is 11.8. The summed E-state index contributed by atoms with van der Waals surface area (Å²) in [7, 11) is 0. The molecule has 0 amide bonds. The van der Waals surface area contributed by atoms with Crippen molar-refractivity contribution in [3.63, 3.8) is 0 Å². The fraction of sp³-hybridized carbons (Fsp3) is 0. The van der Waals surface area contributed by atoms with Crippen LogP contribution in [-0.4, -0.2) is 4.57 Å². The first-order chi connectivity index (χ1) is 29.8. The number of para-hydroxylation sites is 2. The molecule has 60 heavy (non-hydrogen) atoms. The van der Waals surface area contributed by atoms with Crippen LogP contribution in [0.25, 0.3) is 82.8 Å². The van der Waals surface area contributed by atoms with Crippen LogP contribution in [-0.2, 0) is 0 Å². The Labute approximate surface area is 350 Å². The van der Waals surface area contributed by atoms with Crippen LogP contribution in [0, 0.1) is 0 Å². The first kappa shape index (κ1) is 35.2. The molecule has 0 aliphatic heterocycles. The predicted octanol–water partition coefficient (Wildman–Crippen LogP) is 16.1. The highest BCUT2D eigenvalue weighted by atomic mass is 15.1. The SMILES string of the molecule is c1ccc(-c2ccc(N(c3ccc(-c4ccccc4)cc3)c3ccccc3-c3ccc(-n4c5ccccc5c5c6c(-c7ccccc7)cccc6ccc54)cc3)cc2)cc1. The number of benzene rings is 10. The van der Waals surface area contributed by atoms with Crippen LogP contribution in [0.5, 0.6) is 0 Å². The molecule has 0 spiro atoms. The van der Waals surface area contributed by atoms with Crippen molar-refractivity contribution in [3.8, 4) is 50.2 Å². The highest BCUT2D eigenvalue weighted by molar-refractivity contribution is 6.24. The zero-order valence-electron chi connectivity index (χ0n) is 33.0. The van der Waals surface area contributed by atoms with Crippen molar-refractivity contribution in [2.24, 2.45) is 0 Å². The number of fused-ring (bicyclic) bond motifs is 5. The van der Waals surface area contributed by atoms with Crippen molar-refractivity contribution in [1.29, 1.82) is 0 Å². The minimum absolute atomic E-state index is 1.10. The van der Waals surface area contributed by atoms with Gasteiger partial charge in [-0.05, 0) is 104 Å². The lowest BCUT2D eigenvalue weighted by molar-refractivity contribution is 1.18. The maximum Gasteiger partial charge on any atom is 0.0547 e. The second kappa shape index (κ2) is 15.1. The highest BCUT2D eigenvalue weighted by Crippen LogP contribution is 2.44. The molecule has 0 N–H and O–H groups in total. The van der Waals surface area contributed by atoms with E-state index in [1.807, 2.05) is 0 Å². The van der Waals surface area contributed by atoms with Gasteiger partial charge in [0.25, 0.3) is 0 Å². The molecule has 0 bridgehead atoms. The molecule has 11 aromatic rings. The van der Waals surface area contributed by atoms with Gasteiger partial charge < -0.3 is 9.47 Å². The molecule has 2 nitrogen and oxygen atoms in total. The van der Waals surface area contributed by atoms with Crippen molar-refractivity contribution < 1.29 is 0 Å². The molecule has 11 rings (SSSR count). The summed E-state index contributed by atoms with van der Waals surface area (Å²) >= 11 is 0. The molecular formula is C58H40N2. The van der Waals surface area contributed by atoms with Gasteiger partial charge in [0.15, 0.2) is 0 Å². The Hall–Kier alpha value is -7.94. The van der Waals surface area contributed by atoms with Crippen LogP contribution < -0.4 is 4.90 Å². The number of hydrogen-bond donors (Lipinski definition) is 0. The van der Waals surface area contributed by atoms with Crippen LogP contribution in [0.3, 0.4) is 0 Å². The Bertz CT molecular complexity index is 3170. The second-order valence-electron chi connectivity index (χ2n) is 15.3. The van der Waals surface area contributed by atoms with Crippen molar-refractivity contribution in [2.75, 3.05) is 4.90 Å². The van der Waals surface area contributed by atoms with Gasteiger partial charge in [0.2, 0.25) is 0 Å². The molecule has 0 aliphatic carbocycles. The Morgan fingerprint density at radius 3 is 1.40 bits per heavy atom. The van der Waals surface area contributed by atoms with E-state index in [2.05, 4.69) is 252 Å². The summed E-state index contributed by atoms with van der Waals surface area (Å²) in [5.74, 6) is 0. The van der Waals surface area contributed by atoms with Gasteiger partial charge in [-0.15, -0.1) is 0 Å². The predicted molar refractivity (Wildman–Crippen MR) is 255 cm³/mol. The maximum atomic E-state index is 2.43. The van der Waals surface area contributed by atoms with Gasteiger partial charge in [-0.25, -0.2) is 0 Å². The molecule has 0 fully saturated rings. The van der Waals surface area contributed by atoms with Gasteiger partial charge in [-0.1, -0.05) is 188 Å². The van der Waals surface area contributed by atoms with Crippen LogP contribution in [0.1, 0.15) is 0 Å². The summed E-state index contributed by atoms with van der Waals surface area (Å²) in [6, 6.07) is 87.7. The summed E-state index contributed by atoms with van der Waals surface area (Å²) in [6.45, 7) is 0. The largest absolute Gasteiger partial charge is 0.310 e. The minimum Gasteiger partial charge on any atom is -0.310 e. The number of nitrogens with zero attached hydrogens (tertiary/aromatic N) is 2. The van der Waals surface area contributed by atoms with E-state index in [1.54, 1.807) is 0 Å². The van der Waals surface area contributed by atoms with E-state index in [4.69, 9.17) is 0 Å².